The molecule has 0 unspecified atom stereocenters. The Balaban J connectivity index is 1.20. The van der Waals surface area contributed by atoms with Crippen LogP contribution >= 0.6 is 11.3 Å². The molecule has 5 rings (SSSR count). The molecule has 41 heavy (non-hydrogen) atoms. The number of piperidine rings is 1. The van der Waals surface area contributed by atoms with Gasteiger partial charge < -0.3 is 26.0 Å². The molecule has 0 bridgehead atoms. The lowest BCUT2D eigenvalue weighted by Gasteiger charge is -2.32. The number of anilines is 1. The molecule has 2 aromatic carbocycles. The van der Waals surface area contributed by atoms with Gasteiger partial charge in [-0.1, -0.05) is 12.1 Å². The predicted octanol–water partition coefficient (Wildman–Crippen LogP) is 2.66. The van der Waals surface area contributed by atoms with E-state index >= 15 is 0 Å². The van der Waals surface area contributed by atoms with E-state index in [-0.39, 0.29) is 45.0 Å². The first-order valence-corrected chi connectivity index (χ1v) is 15.1. The highest BCUT2D eigenvalue weighted by molar-refractivity contribution is 7.91. The number of aromatic nitrogens is 1. The minimum Gasteiger partial charge on any atom is -0.437 e. The van der Waals surface area contributed by atoms with Gasteiger partial charge in [-0.05, 0) is 50.1 Å². The van der Waals surface area contributed by atoms with E-state index in [4.69, 9.17) is 10.5 Å². The van der Waals surface area contributed by atoms with Gasteiger partial charge in [0.25, 0.3) is 17.7 Å². The summed E-state index contributed by atoms with van der Waals surface area (Å²) in [4.78, 5) is 55.8. The molecule has 1 atom stereocenters. The fourth-order valence-electron chi connectivity index (χ4n) is 4.89. The number of hydrogen-bond acceptors (Lipinski definition) is 9. The Labute approximate surface area is 239 Å². The number of sulfone groups is 1. The number of rotatable bonds is 6. The smallest absolute Gasteiger partial charge is 0.405 e. The van der Waals surface area contributed by atoms with Crippen LogP contribution in [0.2, 0.25) is 0 Å². The number of carbonyl (C=O) groups excluding carboxylic acids is 4. The van der Waals surface area contributed by atoms with Crippen molar-refractivity contribution in [3.63, 3.8) is 0 Å². The van der Waals surface area contributed by atoms with Crippen molar-refractivity contribution in [3.8, 4) is 0 Å². The number of primary amides is 1. The summed E-state index contributed by atoms with van der Waals surface area (Å²) in [6, 6.07) is 10.1. The Hall–Kier alpha value is -4.30. The topological polar surface area (TPSA) is 178 Å². The number of benzene rings is 2. The van der Waals surface area contributed by atoms with Crippen LogP contribution in [0.25, 0.3) is 0 Å². The first-order valence-electron chi connectivity index (χ1n) is 12.8. The van der Waals surface area contributed by atoms with Crippen LogP contribution in [0.1, 0.15) is 56.3 Å². The van der Waals surface area contributed by atoms with Crippen LogP contribution in [0.5, 0.6) is 0 Å². The molecule has 12 nitrogen and oxygen atoms in total. The van der Waals surface area contributed by atoms with Crippen LogP contribution in [-0.2, 0) is 25.9 Å². The monoisotopic (exact) mass is 597 g/mol. The molecule has 3 heterocycles. The van der Waals surface area contributed by atoms with Gasteiger partial charge in [0, 0.05) is 35.6 Å². The van der Waals surface area contributed by atoms with Crippen LogP contribution in [0.3, 0.4) is 0 Å². The molecule has 2 aliphatic heterocycles. The number of thiazole rings is 1. The lowest BCUT2D eigenvalue weighted by Crippen LogP contribution is -2.44. The summed E-state index contributed by atoms with van der Waals surface area (Å²) in [5.74, 6) is -1.14. The molecule has 0 saturated carbocycles. The highest BCUT2D eigenvalue weighted by Crippen LogP contribution is 2.34. The molecule has 4 amide bonds. The summed E-state index contributed by atoms with van der Waals surface area (Å²) in [6.07, 6.45) is 1.16. The molecule has 3 aromatic rings. The zero-order valence-corrected chi connectivity index (χ0v) is 23.6. The summed E-state index contributed by atoms with van der Waals surface area (Å²) in [5.41, 5.74) is 5.28. The summed E-state index contributed by atoms with van der Waals surface area (Å²) >= 11 is 1.47. The maximum atomic E-state index is 13.2. The van der Waals surface area contributed by atoms with Crippen LogP contribution in [0, 0.1) is 0 Å². The number of ether oxygens (including phenoxy) is 1. The van der Waals surface area contributed by atoms with Crippen LogP contribution in [0.15, 0.2) is 58.5 Å². The van der Waals surface area contributed by atoms with Crippen molar-refractivity contribution in [2.45, 2.75) is 48.1 Å². The molecule has 2 aliphatic rings. The van der Waals surface area contributed by atoms with Gasteiger partial charge in [-0.25, -0.2) is 18.2 Å². The Bertz CT molecular complexity index is 1640. The number of nitrogens with two attached hydrogens (primary N) is 1. The highest BCUT2D eigenvalue weighted by atomic mass is 32.2. The maximum Gasteiger partial charge on any atom is 0.405 e. The van der Waals surface area contributed by atoms with Crippen molar-refractivity contribution in [2.24, 2.45) is 5.73 Å². The molecule has 214 valence electrons. The first kappa shape index (κ1) is 28.2. The van der Waals surface area contributed by atoms with E-state index < -0.39 is 33.8 Å². The largest absolute Gasteiger partial charge is 0.437 e. The van der Waals surface area contributed by atoms with E-state index in [1.54, 1.807) is 23.2 Å². The maximum absolute atomic E-state index is 13.2. The molecular weight excluding hydrogens is 570 g/mol. The lowest BCUT2D eigenvalue weighted by atomic mass is 9.97. The van der Waals surface area contributed by atoms with Crippen LogP contribution < -0.4 is 16.4 Å². The second-order valence-electron chi connectivity index (χ2n) is 9.69. The summed E-state index contributed by atoms with van der Waals surface area (Å²) in [7, 11) is -3.96. The van der Waals surface area contributed by atoms with Crippen LogP contribution in [0.4, 0.5) is 10.5 Å². The van der Waals surface area contributed by atoms with Crippen molar-refractivity contribution >= 4 is 50.7 Å². The number of amides is 4. The average Bonchev–Trinajstić information content (AvgIpc) is 3.41. The molecule has 14 heteroatoms. The minimum absolute atomic E-state index is 0.0410. The average molecular weight is 598 g/mol. The number of hydrogen-bond donors (Lipinski definition) is 3. The zero-order valence-electron chi connectivity index (χ0n) is 22.0. The standard InChI is InChI=1S/C27H27N5O7S2/c1-15(39-27(28)36)26(35)32-10-8-16(9-11-32)25-30-14-18(40-25)13-29-23(33)17-6-7-22-20(12-17)31-24(34)19-4-2-3-5-21(19)41(22,37)38/h2-7,12,14-16H,8-11,13H2,1H3,(H2,28,36)(H,29,33)(H,31,34)/t15-/m0/s1. The Morgan fingerprint density at radius 2 is 1.90 bits per heavy atom. The molecule has 0 aliphatic carbocycles. The Morgan fingerprint density at radius 1 is 1.17 bits per heavy atom. The third-order valence-corrected chi connectivity index (χ3v) is 10.0. The number of nitrogens with zero attached hydrogens (tertiary/aromatic N) is 2. The fraction of sp³-hybridized carbons (Fsp3) is 0.296. The Morgan fingerprint density at radius 3 is 2.63 bits per heavy atom. The van der Waals surface area contributed by atoms with Gasteiger partial charge in [0.2, 0.25) is 9.84 Å². The van der Waals surface area contributed by atoms with E-state index in [9.17, 15) is 27.6 Å². The van der Waals surface area contributed by atoms with Crippen molar-refractivity contribution in [1.29, 1.82) is 0 Å². The van der Waals surface area contributed by atoms with Gasteiger partial charge in [-0.3, -0.25) is 14.4 Å². The van der Waals surface area contributed by atoms with E-state index in [1.165, 1.54) is 48.6 Å². The first-order chi connectivity index (χ1) is 19.5. The summed E-state index contributed by atoms with van der Waals surface area (Å²) in [6.45, 7) is 2.70. The van der Waals surface area contributed by atoms with E-state index in [1.807, 2.05) is 0 Å². The minimum atomic E-state index is -3.96. The normalized spacial score (nSPS) is 16.9. The SMILES string of the molecule is C[C@H](OC(N)=O)C(=O)N1CCC(c2ncc(CNC(=O)c3ccc4c(c3)NC(=O)c3ccccc3S4(=O)=O)s2)CC1. The molecule has 1 saturated heterocycles. The molecule has 0 spiro atoms. The number of fused-ring (bicyclic) bond motifs is 2. The quantitative estimate of drug-likeness (QED) is 0.388. The molecule has 0 radical (unpaired) electrons. The van der Waals surface area contributed by atoms with Crippen molar-refractivity contribution in [1.82, 2.24) is 15.2 Å². The molecular formula is C27H27N5O7S2. The fourth-order valence-corrected chi connectivity index (χ4v) is 7.51. The molecule has 1 aromatic heterocycles. The van der Waals surface area contributed by atoms with Gasteiger partial charge in [0.1, 0.15) is 0 Å². The van der Waals surface area contributed by atoms with Gasteiger partial charge in [0.15, 0.2) is 6.10 Å². The highest BCUT2D eigenvalue weighted by Gasteiger charge is 2.32. The van der Waals surface area contributed by atoms with E-state index in [0.29, 0.717) is 25.9 Å². The third kappa shape index (κ3) is 5.79. The van der Waals surface area contributed by atoms with Gasteiger partial charge >= 0.3 is 6.09 Å². The number of carbonyl (C=O) groups is 4. The zero-order chi connectivity index (χ0) is 29.3. The molecule has 4 N–H and O–H groups in total. The van der Waals surface area contributed by atoms with Crippen LogP contribution in [-0.4, -0.2) is 61.3 Å². The van der Waals surface area contributed by atoms with E-state index in [2.05, 4.69) is 15.6 Å². The number of likely N-dealkylation sites (tertiary alicyclic amines) is 1. The Kier molecular flexibility index (Phi) is 7.78. The van der Waals surface area contributed by atoms with Crippen molar-refractivity contribution < 1.29 is 32.3 Å². The predicted molar refractivity (Wildman–Crippen MR) is 148 cm³/mol. The van der Waals surface area contributed by atoms with Crippen molar-refractivity contribution in [2.75, 3.05) is 18.4 Å². The van der Waals surface area contributed by atoms with E-state index in [0.717, 1.165) is 9.88 Å². The molecule has 1 fully saturated rings. The number of nitrogens with one attached hydrogen (secondary N) is 2. The third-order valence-electron chi connectivity index (χ3n) is 6.99. The van der Waals surface area contributed by atoms with Gasteiger partial charge in [-0.2, -0.15) is 0 Å². The van der Waals surface area contributed by atoms with Gasteiger partial charge in [0.05, 0.1) is 32.6 Å². The second kappa shape index (κ2) is 11.3. The second-order valence-corrected chi connectivity index (χ2v) is 12.7. The summed E-state index contributed by atoms with van der Waals surface area (Å²) in [5, 5.41) is 6.33. The summed E-state index contributed by atoms with van der Waals surface area (Å²) < 4.78 is 31.1. The lowest BCUT2D eigenvalue weighted by molar-refractivity contribution is -0.140. The van der Waals surface area contributed by atoms with Gasteiger partial charge in [-0.15, -0.1) is 11.3 Å². The van der Waals surface area contributed by atoms with Crippen molar-refractivity contribution in [3.05, 3.63) is 69.7 Å².